The van der Waals surface area contributed by atoms with E-state index < -0.39 is 10.0 Å². The minimum absolute atomic E-state index is 0.0635. The molecule has 0 aromatic heterocycles. The van der Waals surface area contributed by atoms with Crippen molar-refractivity contribution < 1.29 is 17.9 Å². The van der Waals surface area contributed by atoms with E-state index in [0.29, 0.717) is 38.1 Å². The zero-order valence-electron chi connectivity index (χ0n) is 18.8. The maximum atomic E-state index is 13.4. The molecule has 0 bridgehead atoms. The first kappa shape index (κ1) is 23.3. The molecule has 2 fully saturated rings. The number of hydrogen-bond donors (Lipinski definition) is 0. The maximum absolute atomic E-state index is 13.4. The highest BCUT2D eigenvalue weighted by atomic mass is 32.2. The minimum atomic E-state index is -3.63. The van der Waals surface area contributed by atoms with Crippen LogP contribution in [0.25, 0.3) is 0 Å². The van der Waals surface area contributed by atoms with Gasteiger partial charge in [-0.3, -0.25) is 4.79 Å². The molecule has 0 spiro atoms. The average molecular weight is 468 g/mol. The molecule has 33 heavy (non-hydrogen) atoms. The summed E-state index contributed by atoms with van der Waals surface area (Å²) in [4.78, 5) is 15.5. The van der Waals surface area contributed by atoms with Crippen LogP contribution >= 0.6 is 0 Å². The first-order valence-corrected chi connectivity index (χ1v) is 12.9. The molecule has 0 radical (unpaired) electrons. The normalized spacial score (nSPS) is 19.9. The molecule has 0 N–H and O–H groups in total. The number of benzene rings is 2. The van der Waals surface area contributed by atoms with Crippen LogP contribution in [0.15, 0.2) is 53.4 Å². The Balaban J connectivity index is 1.39. The van der Waals surface area contributed by atoms with Gasteiger partial charge in [-0.05, 0) is 74.6 Å². The second kappa shape index (κ2) is 9.94. The molecule has 2 saturated heterocycles. The van der Waals surface area contributed by atoms with E-state index in [1.807, 2.05) is 42.2 Å². The van der Waals surface area contributed by atoms with E-state index in [4.69, 9.17) is 10.00 Å². The van der Waals surface area contributed by atoms with E-state index >= 15 is 0 Å². The van der Waals surface area contributed by atoms with Gasteiger partial charge >= 0.3 is 0 Å². The Labute approximate surface area is 195 Å². The van der Waals surface area contributed by atoms with Gasteiger partial charge < -0.3 is 9.64 Å². The molecular weight excluding hydrogens is 438 g/mol. The van der Waals surface area contributed by atoms with Crippen LogP contribution in [0, 0.1) is 17.2 Å². The van der Waals surface area contributed by atoms with Gasteiger partial charge in [0.05, 0.1) is 29.2 Å². The van der Waals surface area contributed by atoms with Crippen molar-refractivity contribution in [2.75, 3.05) is 26.2 Å². The number of sulfonamides is 1. The molecule has 8 heteroatoms. The summed E-state index contributed by atoms with van der Waals surface area (Å²) in [5.41, 5.74) is 1.54. The van der Waals surface area contributed by atoms with Crippen molar-refractivity contribution in [3.63, 3.8) is 0 Å². The van der Waals surface area contributed by atoms with E-state index in [1.165, 1.54) is 28.6 Å². The molecule has 1 atom stereocenters. The van der Waals surface area contributed by atoms with Gasteiger partial charge in [-0.25, -0.2) is 8.42 Å². The number of hydrogen-bond acceptors (Lipinski definition) is 5. The summed E-state index contributed by atoms with van der Waals surface area (Å²) in [5.74, 6) is 0.787. The van der Waals surface area contributed by atoms with Gasteiger partial charge in [0.1, 0.15) is 5.75 Å². The standard InChI is InChI=1S/C25H29N3O4S/c1-2-32-22-9-7-20(8-10-22)24-4-3-15-28(24)25(29)21-13-16-27(17-14-21)33(30,31)23-11-5-19(18-26)6-12-23/h5-12,21,24H,2-4,13-17H2,1H3/t24-/m0/s1. The molecule has 1 amide bonds. The van der Waals surface area contributed by atoms with Gasteiger partial charge in [-0.15, -0.1) is 0 Å². The number of likely N-dealkylation sites (tertiary alicyclic amines) is 1. The first-order valence-electron chi connectivity index (χ1n) is 11.5. The topological polar surface area (TPSA) is 90.7 Å². The summed E-state index contributed by atoms with van der Waals surface area (Å²) in [6.45, 7) is 3.94. The van der Waals surface area contributed by atoms with Crippen LogP contribution in [0.2, 0.25) is 0 Å². The van der Waals surface area contributed by atoms with Crippen LogP contribution in [0.4, 0.5) is 0 Å². The summed E-state index contributed by atoms with van der Waals surface area (Å²) < 4.78 is 32.9. The van der Waals surface area contributed by atoms with Crippen LogP contribution in [0.1, 0.15) is 49.8 Å². The lowest BCUT2D eigenvalue weighted by Crippen LogP contribution is -2.44. The zero-order valence-corrected chi connectivity index (χ0v) is 19.6. The van der Waals surface area contributed by atoms with E-state index in [0.717, 1.165) is 30.7 Å². The molecule has 2 aliphatic rings. The van der Waals surface area contributed by atoms with Gasteiger partial charge in [-0.2, -0.15) is 9.57 Å². The number of piperidine rings is 1. The van der Waals surface area contributed by atoms with Crippen LogP contribution in [-0.2, 0) is 14.8 Å². The Hall–Kier alpha value is -2.89. The Bertz CT molecular complexity index is 1120. The van der Waals surface area contributed by atoms with Crippen LogP contribution in [0.3, 0.4) is 0 Å². The lowest BCUT2D eigenvalue weighted by Gasteiger charge is -2.34. The highest BCUT2D eigenvalue weighted by Crippen LogP contribution is 2.35. The predicted molar refractivity (Wildman–Crippen MR) is 124 cm³/mol. The van der Waals surface area contributed by atoms with E-state index in [-0.39, 0.29) is 22.8 Å². The second-order valence-corrected chi connectivity index (χ2v) is 10.4. The molecule has 7 nitrogen and oxygen atoms in total. The number of nitrogens with zero attached hydrogens (tertiary/aromatic N) is 3. The first-order chi connectivity index (χ1) is 15.9. The average Bonchev–Trinajstić information content (AvgIpc) is 3.34. The molecule has 0 aliphatic carbocycles. The molecular formula is C25H29N3O4S. The van der Waals surface area contributed by atoms with Crippen molar-refractivity contribution in [3.8, 4) is 11.8 Å². The number of carbonyl (C=O) groups is 1. The quantitative estimate of drug-likeness (QED) is 0.646. The third-order valence-electron chi connectivity index (χ3n) is 6.54. The Morgan fingerprint density at radius 1 is 1.03 bits per heavy atom. The summed E-state index contributed by atoms with van der Waals surface area (Å²) in [5, 5.41) is 8.92. The number of carbonyl (C=O) groups excluding carboxylic acids is 1. The summed E-state index contributed by atoms with van der Waals surface area (Å²) >= 11 is 0. The van der Waals surface area contributed by atoms with E-state index in [9.17, 15) is 13.2 Å². The Kier molecular flexibility index (Phi) is 7.01. The molecule has 4 rings (SSSR count). The highest BCUT2D eigenvalue weighted by molar-refractivity contribution is 7.89. The molecule has 2 aliphatic heterocycles. The predicted octanol–water partition coefficient (Wildman–Crippen LogP) is 3.72. The third-order valence-corrected chi connectivity index (χ3v) is 8.45. The molecule has 2 aromatic carbocycles. The molecule has 174 valence electrons. The monoisotopic (exact) mass is 467 g/mol. The van der Waals surface area contributed by atoms with Crippen LogP contribution in [-0.4, -0.2) is 49.8 Å². The number of nitriles is 1. The number of amides is 1. The lowest BCUT2D eigenvalue weighted by atomic mass is 9.95. The third kappa shape index (κ3) is 4.90. The van der Waals surface area contributed by atoms with Crippen molar-refractivity contribution in [1.29, 1.82) is 5.26 Å². The summed E-state index contributed by atoms with van der Waals surface area (Å²) in [6.07, 6.45) is 2.93. The fourth-order valence-electron chi connectivity index (χ4n) is 4.76. The molecule has 0 unspecified atom stereocenters. The summed E-state index contributed by atoms with van der Waals surface area (Å²) in [7, 11) is -3.63. The van der Waals surface area contributed by atoms with Crippen molar-refractivity contribution in [1.82, 2.24) is 9.21 Å². The molecule has 0 saturated carbocycles. The molecule has 2 aromatic rings. The van der Waals surface area contributed by atoms with Gasteiger partial charge in [-0.1, -0.05) is 12.1 Å². The fraction of sp³-hybridized carbons (Fsp3) is 0.440. The van der Waals surface area contributed by atoms with E-state index in [2.05, 4.69) is 0 Å². The van der Waals surface area contributed by atoms with Crippen molar-refractivity contribution in [3.05, 3.63) is 59.7 Å². The Morgan fingerprint density at radius 3 is 2.30 bits per heavy atom. The maximum Gasteiger partial charge on any atom is 0.243 e. The van der Waals surface area contributed by atoms with Crippen LogP contribution in [0.5, 0.6) is 5.75 Å². The summed E-state index contributed by atoms with van der Waals surface area (Å²) in [6, 6.07) is 16.0. The van der Waals surface area contributed by atoms with Gasteiger partial charge in [0.15, 0.2) is 0 Å². The second-order valence-electron chi connectivity index (χ2n) is 8.51. The smallest absolute Gasteiger partial charge is 0.243 e. The number of ether oxygens (including phenoxy) is 1. The fourth-order valence-corrected chi connectivity index (χ4v) is 6.23. The zero-order chi connectivity index (χ0) is 23.4. The lowest BCUT2D eigenvalue weighted by molar-refractivity contribution is -0.137. The Morgan fingerprint density at radius 2 is 1.70 bits per heavy atom. The highest BCUT2D eigenvalue weighted by Gasteiger charge is 2.37. The van der Waals surface area contributed by atoms with Crippen molar-refractivity contribution in [2.45, 2.75) is 43.5 Å². The minimum Gasteiger partial charge on any atom is -0.494 e. The van der Waals surface area contributed by atoms with Gasteiger partial charge in [0, 0.05) is 25.6 Å². The van der Waals surface area contributed by atoms with Crippen molar-refractivity contribution >= 4 is 15.9 Å². The number of rotatable bonds is 6. The van der Waals surface area contributed by atoms with Gasteiger partial charge in [0.25, 0.3) is 0 Å². The van der Waals surface area contributed by atoms with Gasteiger partial charge in [0.2, 0.25) is 15.9 Å². The largest absolute Gasteiger partial charge is 0.494 e. The van der Waals surface area contributed by atoms with E-state index in [1.54, 1.807) is 0 Å². The SMILES string of the molecule is CCOc1ccc([C@@H]2CCCN2C(=O)C2CCN(S(=O)(=O)c3ccc(C#N)cc3)CC2)cc1. The molecule has 2 heterocycles. The van der Waals surface area contributed by atoms with Crippen LogP contribution < -0.4 is 4.74 Å². The van der Waals surface area contributed by atoms with Crippen molar-refractivity contribution in [2.24, 2.45) is 5.92 Å².